The number of hydrogen-bond donors (Lipinski definition) is 3. The van der Waals surface area contributed by atoms with Crippen LogP contribution in [0.1, 0.15) is 0 Å². The predicted octanol–water partition coefficient (Wildman–Crippen LogP) is 0.440. The molecule has 0 heterocycles. The lowest BCUT2D eigenvalue weighted by atomic mass is 10.3. The Kier molecular flexibility index (Phi) is 5.78. The second-order valence-corrected chi connectivity index (χ2v) is 3.55. The molecule has 0 radical (unpaired) electrons. The molecule has 2 amide bonds. The van der Waals surface area contributed by atoms with E-state index in [1.165, 1.54) is 6.07 Å². The fourth-order valence-electron chi connectivity index (χ4n) is 1.23. The number of hydrogen-bond acceptors (Lipinski definition) is 4. The van der Waals surface area contributed by atoms with E-state index in [9.17, 15) is 22.8 Å². The van der Waals surface area contributed by atoms with Gasteiger partial charge in [0.15, 0.2) is 11.6 Å². The van der Waals surface area contributed by atoms with Gasteiger partial charge in [0.25, 0.3) is 0 Å². The highest BCUT2D eigenvalue weighted by atomic mass is 19.3. The van der Waals surface area contributed by atoms with E-state index in [4.69, 9.17) is 5.73 Å². The molecule has 0 bridgehead atoms. The Hall–Kier alpha value is -2.29. The molecule has 0 saturated carbocycles. The first-order valence-electron chi connectivity index (χ1n) is 5.43. The quantitative estimate of drug-likeness (QED) is 0.709. The Morgan fingerprint density at radius 1 is 1.30 bits per heavy atom. The predicted molar refractivity (Wildman–Crippen MR) is 63.7 cm³/mol. The van der Waals surface area contributed by atoms with Gasteiger partial charge in [0.2, 0.25) is 11.8 Å². The number of halogens is 3. The molecule has 1 aromatic rings. The Balaban J connectivity index is 2.58. The van der Waals surface area contributed by atoms with Crippen molar-refractivity contribution in [2.75, 3.05) is 18.4 Å². The van der Waals surface area contributed by atoms with Crippen molar-refractivity contribution in [2.24, 2.45) is 5.73 Å². The Bertz CT molecular complexity index is 497. The van der Waals surface area contributed by atoms with Gasteiger partial charge < -0.3 is 21.1 Å². The fraction of sp³-hybridized carbons (Fsp3) is 0.273. The van der Waals surface area contributed by atoms with E-state index in [1.54, 1.807) is 0 Å². The van der Waals surface area contributed by atoms with Gasteiger partial charge in [0.05, 0.1) is 13.1 Å². The van der Waals surface area contributed by atoms with Crippen LogP contribution in [0.5, 0.6) is 5.75 Å². The van der Waals surface area contributed by atoms with Gasteiger partial charge in [0.1, 0.15) is 0 Å². The monoisotopic (exact) mass is 291 g/mol. The van der Waals surface area contributed by atoms with Crippen LogP contribution in [0.25, 0.3) is 0 Å². The first kappa shape index (κ1) is 15.8. The Morgan fingerprint density at radius 3 is 2.55 bits per heavy atom. The summed E-state index contributed by atoms with van der Waals surface area (Å²) in [7, 11) is 0. The molecule has 20 heavy (non-hydrogen) atoms. The summed E-state index contributed by atoms with van der Waals surface area (Å²) in [6, 6.07) is 2.96. The minimum Gasteiger partial charge on any atom is -0.432 e. The van der Waals surface area contributed by atoms with E-state index in [1.807, 2.05) is 0 Å². The van der Waals surface area contributed by atoms with Crippen molar-refractivity contribution in [1.29, 1.82) is 0 Å². The van der Waals surface area contributed by atoms with Crippen molar-refractivity contribution in [3.63, 3.8) is 0 Å². The zero-order valence-electron chi connectivity index (χ0n) is 10.2. The average molecular weight is 291 g/mol. The van der Waals surface area contributed by atoms with Crippen LogP contribution < -0.4 is 21.1 Å². The molecule has 110 valence electrons. The van der Waals surface area contributed by atoms with Gasteiger partial charge >= 0.3 is 6.61 Å². The number of nitrogens with one attached hydrogen (secondary N) is 2. The summed E-state index contributed by atoms with van der Waals surface area (Å²) in [6.45, 7) is -3.74. The highest BCUT2D eigenvalue weighted by Crippen LogP contribution is 2.22. The number of amides is 2. The molecule has 4 N–H and O–H groups in total. The van der Waals surface area contributed by atoms with Crippen LogP contribution in [0.4, 0.5) is 18.9 Å². The number of rotatable bonds is 6. The standard InChI is InChI=1S/C11H12F3N3O3/c12-7-3-6(1-2-8(7)20-11(13)14)17-10(19)5-16-9(18)4-15/h1-3,11H,4-5,15H2,(H,16,18)(H,17,19). The minimum absolute atomic E-state index is 0.0381. The van der Waals surface area contributed by atoms with Gasteiger partial charge in [-0.05, 0) is 12.1 Å². The van der Waals surface area contributed by atoms with Gasteiger partial charge in [-0.1, -0.05) is 0 Å². The maximum atomic E-state index is 13.3. The normalized spacial score (nSPS) is 10.2. The van der Waals surface area contributed by atoms with Crippen molar-refractivity contribution >= 4 is 17.5 Å². The van der Waals surface area contributed by atoms with Gasteiger partial charge in [0, 0.05) is 11.8 Å². The van der Waals surface area contributed by atoms with Crippen molar-refractivity contribution in [3.8, 4) is 5.75 Å². The molecule has 9 heteroatoms. The smallest absolute Gasteiger partial charge is 0.387 e. The molecule has 0 aliphatic carbocycles. The third-order valence-electron chi connectivity index (χ3n) is 2.06. The molecule has 0 spiro atoms. The van der Waals surface area contributed by atoms with Crippen LogP contribution in [0.15, 0.2) is 18.2 Å². The molecule has 0 fully saturated rings. The number of nitrogens with two attached hydrogens (primary N) is 1. The van der Waals surface area contributed by atoms with E-state index in [2.05, 4.69) is 15.4 Å². The zero-order valence-corrected chi connectivity index (χ0v) is 10.2. The maximum Gasteiger partial charge on any atom is 0.387 e. The van der Waals surface area contributed by atoms with Crippen LogP contribution in [-0.4, -0.2) is 31.5 Å². The molecule has 0 saturated heterocycles. The summed E-state index contributed by atoms with van der Waals surface area (Å²) in [6.07, 6.45) is 0. The van der Waals surface area contributed by atoms with E-state index in [-0.39, 0.29) is 18.8 Å². The number of benzene rings is 1. The topological polar surface area (TPSA) is 93.5 Å². The summed E-state index contributed by atoms with van der Waals surface area (Å²) in [5.74, 6) is -2.82. The average Bonchev–Trinajstić information content (AvgIpc) is 2.38. The van der Waals surface area contributed by atoms with Crippen molar-refractivity contribution < 1.29 is 27.5 Å². The molecule has 0 atom stereocenters. The Morgan fingerprint density at radius 2 is 2.00 bits per heavy atom. The van der Waals surface area contributed by atoms with Gasteiger partial charge in [-0.25, -0.2) is 4.39 Å². The van der Waals surface area contributed by atoms with Crippen LogP contribution in [0.2, 0.25) is 0 Å². The second-order valence-electron chi connectivity index (χ2n) is 3.55. The summed E-state index contributed by atoms with van der Waals surface area (Å²) in [4.78, 5) is 22.2. The minimum atomic E-state index is -3.14. The molecule has 0 aromatic heterocycles. The van der Waals surface area contributed by atoms with E-state index >= 15 is 0 Å². The van der Waals surface area contributed by atoms with Crippen molar-refractivity contribution in [3.05, 3.63) is 24.0 Å². The summed E-state index contributed by atoms with van der Waals surface area (Å²) < 4.78 is 41.1. The molecule has 0 aliphatic heterocycles. The molecular weight excluding hydrogens is 279 g/mol. The SMILES string of the molecule is NCC(=O)NCC(=O)Nc1ccc(OC(F)F)c(F)c1. The fourth-order valence-corrected chi connectivity index (χ4v) is 1.23. The zero-order chi connectivity index (χ0) is 15.1. The summed E-state index contributed by atoms with van der Waals surface area (Å²) in [5, 5.41) is 4.48. The second kappa shape index (κ2) is 7.34. The number of ether oxygens (including phenoxy) is 1. The van der Waals surface area contributed by atoms with Crippen LogP contribution >= 0.6 is 0 Å². The van der Waals surface area contributed by atoms with Crippen molar-refractivity contribution in [1.82, 2.24) is 5.32 Å². The Labute approximate surface area is 112 Å². The van der Waals surface area contributed by atoms with Crippen LogP contribution in [0, 0.1) is 5.82 Å². The third-order valence-corrected chi connectivity index (χ3v) is 2.06. The first-order chi connectivity index (χ1) is 9.42. The van der Waals surface area contributed by atoms with E-state index < -0.39 is 30.0 Å². The van der Waals surface area contributed by atoms with Crippen LogP contribution in [0.3, 0.4) is 0 Å². The summed E-state index contributed by atoms with van der Waals surface area (Å²) in [5.41, 5.74) is 5.06. The van der Waals surface area contributed by atoms with Gasteiger partial charge in [-0.15, -0.1) is 0 Å². The lowest BCUT2D eigenvalue weighted by Gasteiger charge is -2.09. The molecule has 0 unspecified atom stereocenters. The maximum absolute atomic E-state index is 13.3. The van der Waals surface area contributed by atoms with Gasteiger partial charge in [-0.3, -0.25) is 9.59 Å². The number of alkyl halides is 2. The first-order valence-corrected chi connectivity index (χ1v) is 5.43. The molecule has 1 rings (SSSR count). The van der Waals surface area contributed by atoms with Gasteiger partial charge in [-0.2, -0.15) is 8.78 Å². The number of anilines is 1. The highest BCUT2D eigenvalue weighted by molar-refractivity contribution is 5.94. The number of carbonyl (C=O) groups excluding carboxylic acids is 2. The number of carbonyl (C=O) groups is 2. The molecule has 1 aromatic carbocycles. The molecule has 0 aliphatic rings. The largest absolute Gasteiger partial charge is 0.432 e. The lowest BCUT2D eigenvalue weighted by Crippen LogP contribution is -2.36. The lowest BCUT2D eigenvalue weighted by molar-refractivity contribution is -0.123. The van der Waals surface area contributed by atoms with E-state index in [0.29, 0.717) is 0 Å². The van der Waals surface area contributed by atoms with Crippen molar-refractivity contribution in [2.45, 2.75) is 6.61 Å². The highest BCUT2D eigenvalue weighted by Gasteiger charge is 2.11. The third kappa shape index (κ3) is 5.14. The van der Waals surface area contributed by atoms with E-state index in [0.717, 1.165) is 12.1 Å². The molecular formula is C11H12F3N3O3. The molecule has 6 nitrogen and oxygen atoms in total. The summed E-state index contributed by atoms with van der Waals surface area (Å²) >= 11 is 0. The van der Waals surface area contributed by atoms with Crippen LogP contribution in [-0.2, 0) is 9.59 Å².